The zero-order chi connectivity index (χ0) is 18.9. The molecule has 0 bridgehead atoms. The summed E-state index contributed by atoms with van der Waals surface area (Å²) in [5, 5.41) is 5.33. The van der Waals surface area contributed by atoms with Crippen LogP contribution in [0.15, 0.2) is 66.1 Å². The topological polar surface area (TPSA) is 51.2 Å². The van der Waals surface area contributed by atoms with Crippen molar-refractivity contribution >= 4 is 28.5 Å². The molecule has 0 unspecified atom stereocenters. The van der Waals surface area contributed by atoms with Crippen LogP contribution in [0.3, 0.4) is 0 Å². The molecule has 0 saturated heterocycles. The first-order valence-electron chi connectivity index (χ1n) is 8.97. The lowest BCUT2D eigenvalue weighted by molar-refractivity contribution is -0.111. The molecule has 0 saturated carbocycles. The van der Waals surface area contributed by atoms with Crippen LogP contribution in [0.25, 0.3) is 17.3 Å². The Morgan fingerprint density at radius 3 is 2.67 bits per heavy atom. The van der Waals surface area contributed by atoms with Crippen molar-refractivity contribution < 1.29 is 9.53 Å². The summed E-state index contributed by atoms with van der Waals surface area (Å²) in [7, 11) is 0. The van der Waals surface area contributed by atoms with Gasteiger partial charge < -0.3 is 4.74 Å². The van der Waals surface area contributed by atoms with E-state index < -0.39 is 0 Å². The molecule has 1 N–H and O–H groups in total. The fraction of sp³-hybridized carbons (Fsp3) is 0.182. The average Bonchev–Trinajstić information content (AvgIpc) is 3.17. The van der Waals surface area contributed by atoms with Crippen molar-refractivity contribution in [2.24, 2.45) is 0 Å². The van der Waals surface area contributed by atoms with Gasteiger partial charge in [-0.2, -0.15) is 0 Å². The predicted molar refractivity (Wildman–Crippen MR) is 112 cm³/mol. The maximum atomic E-state index is 12.1. The first-order chi connectivity index (χ1) is 13.2. The van der Waals surface area contributed by atoms with Crippen molar-refractivity contribution in [2.75, 3.05) is 11.9 Å². The number of carbonyl (C=O) groups excluding carboxylic acids is 1. The number of hydrogen-bond acceptors (Lipinski definition) is 4. The van der Waals surface area contributed by atoms with Gasteiger partial charge in [-0.15, -0.1) is 11.3 Å². The summed E-state index contributed by atoms with van der Waals surface area (Å²) in [5.41, 5.74) is 2.83. The van der Waals surface area contributed by atoms with Crippen molar-refractivity contribution in [3.63, 3.8) is 0 Å². The number of hydrogen-bond donors (Lipinski definition) is 1. The third-order valence-electron chi connectivity index (χ3n) is 3.88. The summed E-state index contributed by atoms with van der Waals surface area (Å²) >= 11 is 1.41. The summed E-state index contributed by atoms with van der Waals surface area (Å²) < 4.78 is 5.63. The monoisotopic (exact) mass is 378 g/mol. The van der Waals surface area contributed by atoms with E-state index in [2.05, 4.69) is 17.2 Å². The molecule has 0 spiro atoms. The SMILES string of the molecule is CCCCOc1ccc(C=CC(=O)Nc2nc(-c3ccccc3)cs2)cc1. The molecule has 0 aliphatic heterocycles. The molecule has 0 atom stereocenters. The van der Waals surface area contributed by atoms with Gasteiger partial charge >= 0.3 is 0 Å². The average molecular weight is 378 g/mol. The van der Waals surface area contributed by atoms with Crippen LogP contribution in [-0.4, -0.2) is 17.5 Å². The predicted octanol–water partition coefficient (Wildman–Crippen LogP) is 5.64. The van der Waals surface area contributed by atoms with Gasteiger partial charge in [0.05, 0.1) is 12.3 Å². The van der Waals surface area contributed by atoms with Crippen LogP contribution in [0.5, 0.6) is 5.75 Å². The lowest BCUT2D eigenvalue weighted by Crippen LogP contribution is -2.07. The van der Waals surface area contributed by atoms with Gasteiger partial charge in [0.15, 0.2) is 5.13 Å². The highest BCUT2D eigenvalue weighted by atomic mass is 32.1. The second kappa shape index (κ2) is 9.69. The molecular weight excluding hydrogens is 356 g/mol. The lowest BCUT2D eigenvalue weighted by Gasteiger charge is -2.05. The summed E-state index contributed by atoms with van der Waals surface area (Å²) in [4.78, 5) is 16.6. The van der Waals surface area contributed by atoms with E-state index in [1.807, 2.05) is 60.0 Å². The minimum Gasteiger partial charge on any atom is -0.494 e. The second-order valence-corrected chi connectivity index (χ2v) is 6.86. The molecule has 0 fully saturated rings. The molecule has 1 aromatic heterocycles. The minimum atomic E-state index is -0.202. The van der Waals surface area contributed by atoms with Gasteiger partial charge in [-0.25, -0.2) is 4.98 Å². The number of amides is 1. The molecule has 0 aliphatic carbocycles. The third-order valence-corrected chi connectivity index (χ3v) is 4.64. The molecule has 3 aromatic rings. The molecule has 0 radical (unpaired) electrons. The Labute approximate surface area is 163 Å². The number of nitrogens with zero attached hydrogens (tertiary/aromatic N) is 1. The third kappa shape index (κ3) is 5.79. The number of benzene rings is 2. The molecule has 4 nitrogen and oxygen atoms in total. The first kappa shape index (κ1) is 18.9. The highest BCUT2D eigenvalue weighted by molar-refractivity contribution is 7.14. The Kier molecular flexibility index (Phi) is 6.77. The largest absolute Gasteiger partial charge is 0.494 e. The van der Waals surface area contributed by atoms with Crippen molar-refractivity contribution in [1.82, 2.24) is 4.98 Å². The Hall–Kier alpha value is -2.92. The van der Waals surface area contributed by atoms with Crippen molar-refractivity contribution in [2.45, 2.75) is 19.8 Å². The first-order valence-corrected chi connectivity index (χ1v) is 9.85. The van der Waals surface area contributed by atoms with E-state index in [0.29, 0.717) is 5.13 Å². The fourth-order valence-electron chi connectivity index (χ4n) is 2.40. The standard InChI is InChI=1S/C22H22N2O2S/c1-2-3-15-26-19-12-9-17(10-13-19)11-14-21(25)24-22-23-20(16-27-22)18-7-5-4-6-8-18/h4-14,16H,2-3,15H2,1H3,(H,23,24,25). The zero-order valence-electron chi connectivity index (χ0n) is 15.2. The molecular formula is C22H22N2O2S. The molecule has 3 rings (SSSR count). The molecule has 27 heavy (non-hydrogen) atoms. The molecule has 1 amide bonds. The quantitative estimate of drug-likeness (QED) is 0.407. The van der Waals surface area contributed by atoms with Gasteiger partial charge in [-0.05, 0) is 30.2 Å². The Bertz CT molecular complexity index is 886. The molecule has 1 heterocycles. The second-order valence-electron chi connectivity index (χ2n) is 6.00. The van der Waals surface area contributed by atoms with E-state index in [1.165, 1.54) is 17.4 Å². The molecule has 138 valence electrons. The molecule has 2 aromatic carbocycles. The van der Waals surface area contributed by atoms with Crippen molar-refractivity contribution in [1.29, 1.82) is 0 Å². The van der Waals surface area contributed by atoms with E-state index in [4.69, 9.17) is 4.74 Å². The minimum absolute atomic E-state index is 0.202. The van der Waals surface area contributed by atoms with Gasteiger partial charge in [-0.1, -0.05) is 55.8 Å². The Morgan fingerprint density at radius 2 is 1.93 bits per heavy atom. The van der Waals surface area contributed by atoms with Crippen molar-refractivity contribution in [3.8, 4) is 17.0 Å². The maximum Gasteiger partial charge on any atom is 0.250 e. The van der Waals surface area contributed by atoms with Gasteiger partial charge in [-0.3, -0.25) is 10.1 Å². The number of nitrogens with one attached hydrogen (secondary N) is 1. The van der Waals surface area contributed by atoms with E-state index in [1.54, 1.807) is 6.08 Å². The van der Waals surface area contributed by atoms with Gasteiger partial charge in [0.1, 0.15) is 5.75 Å². The number of thiazole rings is 1. The Morgan fingerprint density at radius 1 is 1.15 bits per heavy atom. The maximum absolute atomic E-state index is 12.1. The van der Waals surface area contributed by atoms with E-state index in [9.17, 15) is 4.79 Å². The summed E-state index contributed by atoms with van der Waals surface area (Å²) in [6.45, 7) is 2.86. The van der Waals surface area contributed by atoms with Gasteiger partial charge in [0, 0.05) is 17.0 Å². The van der Waals surface area contributed by atoms with Crippen LogP contribution in [0, 0.1) is 0 Å². The van der Waals surface area contributed by atoms with Crippen LogP contribution in [-0.2, 0) is 4.79 Å². The van der Waals surface area contributed by atoms with Crippen molar-refractivity contribution in [3.05, 3.63) is 71.6 Å². The van der Waals surface area contributed by atoms with Crippen LogP contribution >= 0.6 is 11.3 Å². The van der Waals surface area contributed by atoms with E-state index in [-0.39, 0.29) is 5.91 Å². The number of unbranched alkanes of at least 4 members (excludes halogenated alkanes) is 1. The highest BCUT2D eigenvalue weighted by Crippen LogP contribution is 2.24. The van der Waals surface area contributed by atoms with E-state index >= 15 is 0 Å². The number of rotatable bonds is 8. The number of aromatic nitrogens is 1. The fourth-order valence-corrected chi connectivity index (χ4v) is 3.12. The summed E-state index contributed by atoms with van der Waals surface area (Å²) in [5.74, 6) is 0.647. The van der Waals surface area contributed by atoms with Crippen LogP contribution in [0.2, 0.25) is 0 Å². The number of ether oxygens (including phenoxy) is 1. The number of anilines is 1. The summed E-state index contributed by atoms with van der Waals surface area (Å²) in [6, 6.07) is 17.6. The van der Waals surface area contributed by atoms with Gasteiger partial charge in [0.2, 0.25) is 5.91 Å². The summed E-state index contributed by atoms with van der Waals surface area (Å²) in [6.07, 6.45) is 5.44. The smallest absolute Gasteiger partial charge is 0.250 e. The number of carbonyl (C=O) groups is 1. The molecule has 5 heteroatoms. The lowest BCUT2D eigenvalue weighted by atomic mass is 10.2. The van der Waals surface area contributed by atoms with Gasteiger partial charge in [0.25, 0.3) is 0 Å². The normalized spacial score (nSPS) is 10.9. The molecule has 0 aliphatic rings. The highest BCUT2D eigenvalue weighted by Gasteiger charge is 2.06. The van der Waals surface area contributed by atoms with Crippen LogP contribution in [0.1, 0.15) is 25.3 Å². The zero-order valence-corrected chi connectivity index (χ0v) is 16.0. The van der Waals surface area contributed by atoms with Crippen LogP contribution in [0.4, 0.5) is 5.13 Å². The van der Waals surface area contributed by atoms with E-state index in [0.717, 1.165) is 42.0 Å². The Balaban J connectivity index is 1.54. The van der Waals surface area contributed by atoms with Crippen LogP contribution < -0.4 is 10.1 Å².